The van der Waals surface area contributed by atoms with Crippen LogP contribution in [0.3, 0.4) is 0 Å². The Hall–Kier alpha value is -3.55. The number of H-pyrrole nitrogens is 1. The van der Waals surface area contributed by atoms with E-state index in [1.807, 2.05) is 24.3 Å². The minimum atomic E-state index is -4.48. The van der Waals surface area contributed by atoms with E-state index in [0.717, 1.165) is 21.4 Å². The van der Waals surface area contributed by atoms with E-state index in [4.69, 9.17) is 46.2 Å². The molecule has 238 valence electrons. The van der Waals surface area contributed by atoms with Gasteiger partial charge in [0.25, 0.3) is 5.56 Å². The zero-order valence-electron chi connectivity index (χ0n) is 24.1. The van der Waals surface area contributed by atoms with Crippen LogP contribution in [0.2, 0.25) is 10.0 Å². The van der Waals surface area contributed by atoms with Crippen molar-refractivity contribution >= 4 is 31.0 Å². The van der Waals surface area contributed by atoms with E-state index in [0.29, 0.717) is 5.82 Å². The third-order valence-corrected chi connectivity index (χ3v) is 8.88. The normalized spacial score (nSPS) is 19.3. The van der Waals surface area contributed by atoms with Crippen molar-refractivity contribution in [1.29, 1.82) is 0 Å². The predicted molar refractivity (Wildman–Crippen MR) is 165 cm³/mol. The van der Waals surface area contributed by atoms with Crippen LogP contribution in [0.4, 0.5) is 0 Å². The third-order valence-electron chi connectivity index (χ3n) is 6.89. The molecule has 16 heteroatoms. The lowest BCUT2D eigenvalue weighted by Crippen LogP contribution is -2.33. The number of hydrogen-bond acceptors (Lipinski definition) is 11. The maximum Gasteiger partial charge on any atom is 0.530 e. The van der Waals surface area contributed by atoms with Gasteiger partial charge in [0.1, 0.15) is 30.0 Å². The van der Waals surface area contributed by atoms with E-state index < -0.39 is 44.1 Å². The molecule has 1 unspecified atom stereocenters. The molecule has 0 spiro atoms. The molecule has 1 saturated heterocycles. The smallest absolute Gasteiger partial charge is 0.497 e. The number of phosphoric acid groups is 1. The first kappa shape index (κ1) is 32.8. The number of methoxy groups -OCH3 is 1. The molecule has 45 heavy (non-hydrogen) atoms. The lowest BCUT2D eigenvalue weighted by atomic mass is 10.1. The number of aliphatic hydroxyl groups is 1. The molecule has 4 atom stereocenters. The average molecular weight is 679 g/mol. The van der Waals surface area contributed by atoms with E-state index in [1.165, 1.54) is 31.3 Å². The monoisotopic (exact) mass is 678 g/mol. The summed E-state index contributed by atoms with van der Waals surface area (Å²) in [5.74, 6) is 1.08. The van der Waals surface area contributed by atoms with E-state index in [1.54, 1.807) is 19.5 Å². The van der Waals surface area contributed by atoms with Gasteiger partial charge in [-0.2, -0.15) is 0 Å². The highest BCUT2D eigenvalue weighted by molar-refractivity contribution is 7.49. The molecule has 3 heterocycles. The maximum absolute atomic E-state index is 14.1. The van der Waals surface area contributed by atoms with Crippen LogP contribution in [0, 0.1) is 6.92 Å². The fourth-order valence-electron chi connectivity index (χ4n) is 4.52. The number of nitrogens with one attached hydrogen (secondary N) is 1. The summed E-state index contributed by atoms with van der Waals surface area (Å²) in [5.41, 5.74) is 0.712. The summed E-state index contributed by atoms with van der Waals surface area (Å²) < 4.78 is 43.5. The van der Waals surface area contributed by atoms with Gasteiger partial charge in [0.05, 0.1) is 25.3 Å². The minimum absolute atomic E-state index is 0.0352. The third kappa shape index (κ3) is 8.00. The second kappa shape index (κ2) is 14.3. The van der Waals surface area contributed by atoms with Crippen molar-refractivity contribution in [3.63, 3.8) is 0 Å². The number of hydrogen-bond donors (Lipinski definition) is 2. The van der Waals surface area contributed by atoms with Crippen LogP contribution >= 0.6 is 31.0 Å². The van der Waals surface area contributed by atoms with E-state index in [-0.39, 0.29) is 40.8 Å². The number of ether oxygens (including phenoxy) is 2. The SMILES string of the molecule is COc1ccc(-c2cnc(CCOP(=O)(Oc3cc(Cl)ccc3Cl)O[C@H]3C[C@H](n4cc(C)c(=O)[nH]c4=O)O[C@@H]3CO)nc2)cc1. The van der Waals surface area contributed by atoms with Crippen molar-refractivity contribution < 1.29 is 32.7 Å². The summed E-state index contributed by atoms with van der Waals surface area (Å²) in [4.78, 5) is 35.2. The number of rotatable bonds is 12. The molecular weight excluding hydrogens is 650 g/mol. The first-order chi connectivity index (χ1) is 21.6. The largest absolute Gasteiger partial charge is 0.530 e. The number of aromatic amines is 1. The topological polar surface area (TPSA) is 164 Å². The zero-order valence-corrected chi connectivity index (χ0v) is 26.5. The number of aryl methyl sites for hydroxylation is 1. The first-order valence-electron chi connectivity index (χ1n) is 13.7. The highest BCUT2D eigenvalue weighted by atomic mass is 35.5. The summed E-state index contributed by atoms with van der Waals surface area (Å²) in [7, 11) is -2.89. The van der Waals surface area contributed by atoms with Crippen LogP contribution in [-0.2, 0) is 24.8 Å². The predicted octanol–water partition coefficient (Wildman–Crippen LogP) is 4.73. The molecule has 2 N–H and O–H groups in total. The van der Waals surface area contributed by atoms with Crippen LogP contribution in [0.15, 0.2) is 70.6 Å². The molecular formula is C29H29Cl2N4O9P. The lowest BCUT2D eigenvalue weighted by Gasteiger charge is -2.24. The van der Waals surface area contributed by atoms with Crippen molar-refractivity contribution in [1.82, 2.24) is 19.5 Å². The van der Waals surface area contributed by atoms with Gasteiger partial charge in [0.2, 0.25) is 0 Å². The average Bonchev–Trinajstić information content (AvgIpc) is 3.43. The van der Waals surface area contributed by atoms with Crippen molar-refractivity contribution in [3.05, 3.63) is 103 Å². The summed E-state index contributed by atoms with van der Waals surface area (Å²) >= 11 is 12.4. The minimum Gasteiger partial charge on any atom is -0.497 e. The Morgan fingerprint density at radius 3 is 2.53 bits per heavy atom. The molecule has 0 amide bonds. The Bertz CT molecular complexity index is 1800. The summed E-state index contributed by atoms with van der Waals surface area (Å²) in [6, 6.07) is 11.8. The quantitative estimate of drug-likeness (QED) is 0.199. The van der Waals surface area contributed by atoms with E-state index in [2.05, 4.69) is 15.0 Å². The summed E-state index contributed by atoms with van der Waals surface area (Å²) in [5, 5.41) is 10.4. The summed E-state index contributed by atoms with van der Waals surface area (Å²) in [6.45, 7) is 0.809. The highest BCUT2D eigenvalue weighted by Gasteiger charge is 2.44. The Morgan fingerprint density at radius 1 is 1.11 bits per heavy atom. The lowest BCUT2D eigenvalue weighted by molar-refractivity contribution is -0.0460. The number of aromatic nitrogens is 4. The van der Waals surface area contributed by atoms with E-state index >= 15 is 0 Å². The summed E-state index contributed by atoms with van der Waals surface area (Å²) in [6.07, 6.45) is 1.74. The Kier molecular flexibility index (Phi) is 10.4. The van der Waals surface area contributed by atoms with Gasteiger partial charge in [0, 0.05) is 53.6 Å². The molecule has 2 aromatic heterocycles. The van der Waals surface area contributed by atoms with E-state index in [9.17, 15) is 19.3 Å². The van der Waals surface area contributed by atoms with Gasteiger partial charge in [0.15, 0.2) is 5.75 Å². The molecule has 0 bridgehead atoms. The van der Waals surface area contributed by atoms with Gasteiger partial charge in [-0.15, -0.1) is 0 Å². The highest BCUT2D eigenvalue weighted by Crippen LogP contribution is 2.54. The molecule has 1 aliphatic rings. The van der Waals surface area contributed by atoms with Crippen molar-refractivity contribution in [2.45, 2.75) is 38.2 Å². The molecule has 1 fully saturated rings. The fourth-order valence-corrected chi connectivity index (χ4v) is 6.31. The Morgan fingerprint density at radius 2 is 1.84 bits per heavy atom. The first-order valence-corrected chi connectivity index (χ1v) is 15.9. The second-order valence-corrected chi connectivity index (χ2v) is 12.4. The molecule has 0 radical (unpaired) electrons. The van der Waals surface area contributed by atoms with Gasteiger partial charge < -0.3 is 19.1 Å². The number of benzene rings is 2. The molecule has 2 aromatic carbocycles. The maximum atomic E-state index is 14.1. The zero-order chi connectivity index (χ0) is 32.1. The molecule has 1 aliphatic heterocycles. The fraction of sp³-hybridized carbons (Fsp3) is 0.310. The van der Waals surface area contributed by atoms with Gasteiger partial charge >= 0.3 is 13.5 Å². The molecule has 0 saturated carbocycles. The van der Waals surface area contributed by atoms with Gasteiger partial charge in [-0.3, -0.25) is 23.4 Å². The van der Waals surface area contributed by atoms with Crippen LogP contribution in [0.1, 0.15) is 24.0 Å². The standard InChI is InChI=1S/C29H29Cl2N4O9P/c1-17-15-35(29(38)34-28(17)37)27-12-24(25(16-36)42-27)44-45(39,43-23-11-20(30)5-8-22(23)31)41-10-9-26-32-13-19(14-33-26)18-3-6-21(40-2)7-4-18/h3-8,11,13-15,24-25,27,36H,9-10,12,16H2,1-2H3,(H,34,37,38)/t24-,25+,27+,45?/m0/s1. The Balaban J connectivity index is 1.32. The number of phosphoric ester groups is 1. The van der Waals surface area contributed by atoms with Crippen LogP contribution in [0.25, 0.3) is 11.1 Å². The number of aliphatic hydroxyl groups excluding tert-OH is 1. The second-order valence-electron chi connectivity index (χ2n) is 9.98. The molecule has 13 nitrogen and oxygen atoms in total. The van der Waals surface area contributed by atoms with Crippen molar-refractivity contribution in [2.75, 3.05) is 20.3 Å². The van der Waals surface area contributed by atoms with Crippen LogP contribution < -0.4 is 20.5 Å². The van der Waals surface area contributed by atoms with Gasteiger partial charge in [-0.05, 0) is 36.8 Å². The van der Waals surface area contributed by atoms with Gasteiger partial charge in [-0.1, -0.05) is 35.3 Å². The molecule has 0 aliphatic carbocycles. The number of halogens is 2. The van der Waals surface area contributed by atoms with Crippen molar-refractivity contribution in [2.24, 2.45) is 0 Å². The Labute approximate surface area is 267 Å². The number of nitrogens with zero attached hydrogens (tertiary/aromatic N) is 3. The van der Waals surface area contributed by atoms with Gasteiger partial charge in [-0.25, -0.2) is 19.3 Å². The van der Waals surface area contributed by atoms with Crippen LogP contribution in [-0.4, -0.2) is 57.2 Å². The molecule has 5 rings (SSSR count). The molecule has 4 aromatic rings. The van der Waals surface area contributed by atoms with Crippen molar-refractivity contribution in [3.8, 4) is 22.6 Å². The van der Waals surface area contributed by atoms with Crippen LogP contribution in [0.5, 0.6) is 11.5 Å².